The summed E-state index contributed by atoms with van der Waals surface area (Å²) >= 11 is 1.69. The minimum atomic E-state index is -0.617. The van der Waals surface area contributed by atoms with E-state index in [1.54, 1.807) is 11.3 Å². The number of morpholine rings is 1. The molecule has 3 aromatic rings. The van der Waals surface area contributed by atoms with Crippen molar-refractivity contribution in [1.82, 2.24) is 9.47 Å². The molecule has 0 amide bonds. The minimum absolute atomic E-state index is 0.143. The van der Waals surface area contributed by atoms with Crippen LogP contribution in [0.5, 0.6) is 5.75 Å². The van der Waals surface area contributed by atoms with Crippen LogP contribution in [0.2, 0.25) is 0 Å². The van der Waals surface area contributed by atoms with Crippen molar-refractivity contribution in [3.8, 4) is 5.75 Å². The minimum Gasteiger partial charge on any atom is -0.491 e. The number of benzene rings is 1. The quantitative estimate of drug-likeness (QED) is 0.629. The highest BCUT2D eigenvalue weighted by Crippen LogP contribution is 2.35. The summed E-state index contributed by atoms with van der Waals surface area (Å²) in [6, 6.07) is 12.1. The highest BCUT2D eigenvalue weighted by molar-refractivity contribution is 7.18. The lowest BCUT2D eigenvalue weighted by molar-refractivity contribution is 0.0365. The molecule has 1 saturated heterocycles. The fraction of sp³-hybridized carbons (Fsp3) is 0.478. The Kier molecular flexibility index (Phi) is 6.25. The van der Waals surface area contributed by atoms with Crippen LogP contribution in [0, 0.1) is 6.92 Å². The van der Waals surface area contributed by atoms with Crippen LogP contribution in [0.25, 0.3) is 10.2 Å². The van der Waals surface area contributed by atoms with Gasteiger partial charge in [0.2, 0.25) is 0 Å². The molecule has 1 atom stereocenters. The fourth-order valence-corrected chi connectivity index (χ4v) is 5.07. The van der Waals surface area contributed by atoms with E-state index in [-0.39, 0.29) is 6.10 Å². The SMILES string of the molecule is Cc1cc2cc(C(O)c3ccc(OC(C)C)cc3)sc2n1CCN1CCOCC1. The van der Waals surface area contributed by atoms with Crippen LogP contribution in [-0.4, -0.2) is 53.5 Å². The highest BCUT2D eigenvalue weighted by atomic mass is 32.1. The highest BCUT2D eigenvalue weighted by Gasteiger charge is 2.18. The first-order valence-electron chi connectivity index (χ1n) is 10.4. The normalized spacial score (nSPS) is 16.6. The van der Waals surface area contributed by atoms with Crippen LogP contribution in [0.4, 0.5) is 0 Å². The first-order chi connectivity index (χ1) is 14.0. The zero-order chi connectivity index (χ0) is 20.4. The van der Waals surface area contributed by atoms with E-state index in [4.69, 9.17) is 9.47 Å². The van der Waals surface area contributed by atoms with E-state index in [9.17, 15) is 5.11 Å². The van der Waals surface area contributed by atoms with Gasteiger partial charge in [0, 0.05) is 42.1 Å². The summed E-state index contributed by atoms with van der Waals surface area (Å²) < 4.78 is 13.5. The van der Waals surface area contributed by atoms with E-state index >= 15 is 0 Å². The molecule has 1 fully saturated rings. The molecule has 6 heteroatoms. The summed E-state index contributed by atoms with van der Waals surface area (Å²) in [6.45, 7) is 11.9. The molecule has 0 aliphatic carbocycles. The van der Waals surface area contributed by atoms with Crippen molar-refractivity contribution in [3.05, 3.63) is 52.5 Å². The number of rotatable bonds is 7. The van der Waals surface area contributed by atoms with Crippen molar-refractivity contribution in [2.75, 3.05) is 32.8 Å². The van der Waals surface area contributed by atoms with Gasteiger partial charge in [-0.15, -0.1) is 11.3 Å². The molecule has 0 bridgehead atoms. The second-order valence-corrected chi connectivity index (χ2v) is 9.00. The molecule has 4 rings (SSSR count). The molecule has 5 nitrogen and oxygen atoms in total. The summed E-state index contributed by atoms with van der Waals surface area (Å²) in [5, 5.41) is 12.1. The predicted octanol–water partition coefficient (Wildman–Crippen LogP) is 4.21. The molecule has 0 radical (unpaired) electrons. The van der Waals surface area contributed by atoms with Crippen LogP contribution < -0.4 is 4.74 Å². The molecule has 156 valence electrons. The second-order valence-electron chi connectivity index (χ2n) is 7.94. The van der Waals surface area contributed by atoms with Crippen molar-refractivity contribution in [1.29, 1.82) is 0 Å². The van der Waals surface area contributed by atoms with Gasteiger partial charge >= 0.3 is 0 Å². The van der Waals surface area contributed by atoms with E-state index in [1.165, 1.54) is 15.9 Å². The van der Waals surface area contributed by atoms with E-state index in [1.807, 2.05) is 38.1 Å². The number of aromatic nitrogens is 1. The molecular formula is C23H30N2O3S. The van der Waals surface area contributed by atoms with Crippen LogP contribution in [-0.2, 0) is 11.3 Å². The Balaban J connectivity index is 1.50. The van der Waals surface area contributed by atoms with Crippen molar-refractivity contribution >= 4 is 21.6 Å². The number of thiophene rings is 1. The van der Waals surface area contributed by atoms with Gasteiger partial charge < -0.3 is 19.1 Å². The summed E-state index contributed by atoms with van der Waals surface area (Å²) in [5.41, 5.74) is 2.16. The number of nitrogens with zero attached hydrogens (tertiary/aromatic N) is 2. The fourth-order valence-electron chi connectivity index (χ4n) is 3.84. The number of aliphatic hydroxyl groups excluding tert-OH is 1. The Hall–Kier alpha value is -1.86. The maximum atomic E-state index is 10.9. The molecule has 1 aliphatic heterocycles. The zero-order valence-electron chi connectivity index (χ0n) is 17.4. The van der Waals surface area contributed by atoms with E-state index in [0.717, 1.165) is 55.6 Å². The largest absolute Gasteiger partial charge is 0.491 e. The lowest BCUT2D eigenvalue weighted by atomic mass is 10.1. The third kappa shape index (κ3) is 4.67. The molecule has 0 spiro atoms. The average molecular weight is 415 g/mol. The predicted molar refractivity (Wildman–Crippen MR) is 118 cm³/mol. The molecule has 1 unspecified atom stereocenters. The van der Waals surface area contributed by atoms with Crippen LogP contribution in [0.1, 0.15) is 36.1 Å². The summed E-state index contributed by atoms with van der Waals surface area (Å²) in [6.07, 6.45) is -0.474. The molecular weight excluding hydrogens is 384 g/mol. The summed E-state index contributed by atoms with van der Waals surface area (Å²) in [5.74, 6) is 0.831. The lowest BCUT2D eigenvalue weighted by Gasteiger charge is -2.26. The summed E-state index contributed by atoms with van der Waals surface area (Å²) in [7, 11) is 0. The molecule has 2 aromatic heterocycles. The van der Waals surface area contributed by atoms with Crippen molar-refractivity contribution in [2.45, 2.75) is 39.5 Å². The number of hydrogen-bond donors (Lipinski definition) is 1. The van der Waals surface area contributed by atoms with E-state index in [2.05, 4.69) is 28.5 Å². The van der Waals surface area contributed by atoms with Gasteiger partial charge in [0.15, 0.2) is 0 Å². The van der Waals surface area contributed by atoms with Crippen LogP contribution in [0.15, 0.2) is 36.4 Å². The van der Waals surface area contributed by atoms with E-state index < -0.39 is 6.10 Å². The Morgan fingerprint density at radius 3 is 2.52 bits per heavy atom. The van der Waals surface area contributed by atoms with Crippen LogP contribution in [0.3, 0.4) is 0 Å². The van der Waals surface area contributed by atoms with Crippen LogP contribution >= 0.6 is 11.3 Å². The third-order valence-electron chi connectivity index (χ3n) is 5.38. The van der Waals surface area contributed by atoms with Gasteiger partial charge in [-0.3, -0.25) is 4.90 Å². The van der Waals surface area contributed by atoms with Crippen molar-refractivity contribution in [2.24, 2.45) is 0 Å². The first-order valence-corrected chi connectivity index (χ1v) is 11.2. The topological polar surface area (TPSA) is 46.9 Å². The molecule has 0 saturated carbocycles. The monoisotopic (exact) mass is 414 g/mol. The molecule has 3 heterocycles. The number of aliphatic hydroxyl groups is 1. The smallest absolute Gasteiger partial charge is 0.119 e. The molecule has 29 heavy (non-hydrogen) atoms. The van der Waals surface area contributed by atoms with Gasteiger partial charge in [-0.1, -0.05) is 12.1 Å². The number of aryl methyl sites for hydroxylation is 1. The van der Waals surface area contributed by atoms with Gasteiger partial charge in [-0.25, -0.2) is 0 Å². The Bertz CT molecular complexity index is 939. The Morgan fingerprint density at radius 2 is 1.83 bits per heavy atom. The molecule has 1 N–H and O–H groups in total. The van der Waals surface area contributed by atoms with Gasteiger partial charge in [0.25, 0.3) is 0 Å². The molecule has 1 aliphatic rings. The Labute approximate surface area is 176 Å². The maximum absolute atomic E-state index is 10.9. The zero-order valence-corrected chi connectivity index (χ0v) is 18.2. The van der Waals surface area contributed by atoms with Crippen molar-refractivity contribution < 1.29 is 14.6 Å². The third-order valence-corrected chi connectivity index (χ3v) is 6.60. The van der Waals surface area contributed by atoms with Gasteiger partial charge in [-0.05, 0) is 50.6 Å². The standard InChI is InChI=1S/C23H30N2O3S/c1-16(2)28-20-6-4-18(5-7-20)22(26)21-15-19-14-17(3)25(23(19)29-21)9-8-24-10-12-27-13-11-24/h4-7,14-16,22,26H,8-13H2,1-3H3. The number of hydrogen-bond acceptors (Lipinski definition) is 5. The van der Waals surface area contributed by atoms with Gasteiger partial charge in [-0.2, -0.15) is 0 Å². The first kappa shape index (κ1) is 20.4. The lowest BCUT2D eigenvalue weighted by Crippen LogP contribution is -2.38. The van der Waals surface area contributed by atoms with Gasteiger partial charge in [0.1, 0.15) is 16.7 Å². The summed E-state index contributed by atoms with van der Waals surface area (Å²) in [4.78, 5) is 4.68. The second kappa shape index (κ2) is 8.88. The maximum Gasteiger partial charge on any atom is 0.119 e. The van der Waals surface area contributed by atoms with Gasteiger partial charge in [0.05, 0.1) is 19.3 Å². The average Bonchev–Trinajstić information content (AvgIpc) is 3.24. The molecule has 1 aromatic carbocycles. The Morgan fingerprint density at radius 1 is 1.10 bits per heavy atom. The van der Waals surface area contributed by atoms with E-state index in [0.29, 0.717) is 0 Å². The number of fused-ring (bicyclic) bond motifs is 1. The number of ether oxygens (including phenoxy) is 2. The van der Waals surface area contributed by atoms with Crippen molar-refractivity contribution in [3.63, 3.8) is 0 Å².